The Morgan fingerprint density at radius 2 is 1.94 bits per heavy atom. The molecule has 33 heavy (non-hydrogen) atoms. The van der Waals surface area contributed by atoms with Gasteiger partial charge in [-0.1, -0.05) is 6.08 Å². The minimum Gasteiger partial charge on any atom is -0.377 e. The van der Waals surface area contributed by atoms with Crippen LogP contribution in [-0.2, 0) is 9.59 Å². The largest absolute Gasteiger partial charge is 0.377 e. The predicted octanol–water partition coefficient (Wildman–Crippen LogP) is 1.99. The van der Waals surface area contributed by atoms with Crippen molar-refractivity contribution in [2.24, 2.45) is 0 Å². The van der Waals surface area contributed by atoms with Crippen LogP contribution in [-0.4, -0.2) is 43.0 Å². The van der Waals surface area contributed by atoms with Gasteiger partial charge in [-0.15, -0.1) is 0 Å². The van der Waals surface area contributed by atoms with Gasteiger partial charge < -0.3 is 15.5 Å². The van der Waals surface area contributed by atoms with Gasteiger partial charge >= 0.3 is 0 Å². The van der Waals surface area contributed by atoms with Gasteiger partial charge in [-0.2, -0.15) is 5.26 Å². The highest BCUT2D eigenvalue weighted by molar-refractivity contribution is 6.08. The number of amides is 2. The Morgan fingerprint density at radius 3 is 2.55 bits per heavy atom. The van der Waals surface area contributed by atoms with Crippen molar-refractivity contribution in [2.45, 2.75) is 19.9 Å². The first-order chi connectivity index (χ1) is 15.9. The number of rotatable bonds is 5. The van der Waals surface area contributed by atoms with E-state index in [1.165, 1.54) is 0 Å². The van der Waals surface area contributed by atoms with E-state index in [1.807, 2.05) is 37.2 Å². The molecule has 1 aromatic rings. The molecule has 0 spiro atoms. The van der Waals surface area contributed by atoms with Crippen molar-refractivity contribution in [2.75, 3.05) is 25.0 Å². The highest BCUT2D eigenvalue weighted by atomic mass is 16.2. The van der Waals surface area contributed by atoms with Gasteiger partial charge in [0.2, 0.25) is 0 Å². The number of hydrogen-bond donors (Lipinski definition) is 3. The summed E-state index contributed by atoms with van der Waals surface area (Å²) in [5.41, 5.74) is 8.75. The fraction of sp³-hybridized carbons (Fsp3) is 0.240. The summed E-state index contributed by atoms with van der Waals surface area (Å²) in [6, 6.07) is 9.08. The molecule has 0 saturated heterocycles. The van der Waals surface area contributed by atoms with Crippen LogP contribution < -0.4 is 21.0 Å². The average molecular weight is 443 g/mol. The van der Waals surface area contributed by atoms with Gasteiger partial charge in [0.05, 0.1) is 17.3 Å². The molecule has 8 nitrogen and oxygen atoms in total. The molecule has 3 aliphatic rings. The maximum absolute atomic E-state index is 13.5. The predicted molar refractivity (Wildman–Crippen MR) is 126 cm³/mol. The summed E-state index contributed by atoms with van der Waals surface area (Å²) >= 11 is 0. The summed E-state index contributed by atoms with van der Waals surface area (Å²) in [4.78, 5) is 27.1. The summed E-state index contributed by atoms with van der Waals surface area (Å²) in [5.74, 6) is -0.263. The van der Waals surface area contributed by atoms with Gasteiger partial charge in [-0.3, -0.25) is 14.6 Å². The van der Waals surface area contributed by atoms with Gasteiger partial charge in [-0.05, 0) is 67.5 Å². The van der Waals surface area contributed by atoms with E-state index in [4.69, 9.17) is 5.26 Å². The van der Waals surface area contributed by atoms with Crippen LogP contribution in [0.15, 0.2) is 82.9 Å². The number of hydrogen-bond acceptors (Lipinski definition) is 6. The van der Waals surface area contributed by atoms with E-state index in [0.29, 0.717) is 29.9 Å². The summed E-state index contributed by atoms with van der Waals surface area (Å²) in [7, 11) is 1.60. The molecule has 0 aliphatic carbocycles. The first-order valence-electron chi connectivity index (χ1n) is 10.8. The van der Waals surface area contributed by atoms with E-state index in [2.05, 4.69) is 22.1 Å². The molecule has 0 saturated carbocycles. The topological polar surface area (TPSA) is 100 Å². The number of likely N-dealkylation sites (N-methyl/N-ethyl adjacent to an activating group) is 1. The number of dihydropyridines is 1. The molecule has 0 bridgehead atoms. The van der Waals surface area contributed by atoms with E-state index in [9.17, 15) is 9.59 Å². The lowest BCUT2D eigenvalue weighted by Gasteiger charge is -2.29. The van der Waals surface area contributed by atoms with Gasteiger partial charge in [0.15, 0.2) is 0 Å². The van der Waals surface area contributed by atoms with Gasteiger partial charge in [-0.25, -0.2) is 5.43 Å². The van der Waals surface area contributed by atoms with Crippen molar-refractivity contribution < 1.29 is 9.59 Å². The van der Waals surface area contributed by atoms with Gasteiger partial charge in [0.25, 0.3) is 11.8 Å². The number of nitriles is 1. The maximum atomic E-state index is 13.5. The molecule has 0 fully saturated rings. The molecule has 3 heterocycles. The summed E-state index contributed by atoms with van der Waals surface area (Å²) in [6.45, 7) is 5.08. The second-order valence-corrected chi connectivity index (χ2v) is 8.12. The molecule has 3 aliphatic heterocycles. The monoisotopic (exact) mass is 442 g/mol. The minimum atomic E-state index is -0.154. The Morgan fingerprint density at radius 1 is 1.18 bits per heavy atom. The SMILES string of the molecule is CNC(=O)C1=CC=C(C2=C3C=C(C(=O)N(c4ccc(C#N)cc4)C(C)C)C=CN3NC2)CN1. The summed E-state index contributed by atoms with van der Waals surface area (Å²) in [6.07, 6.45) is 9.27. The fourth-order valence-electron chi connectivity index (χ4n) is 4.01. The van der Waals surface area contributed by atoms with E-state index < -0.39 is 0 Å². The number of carbonyl (C=O) groups excluding carboxylic acids is 2. The Balaban J connectivity index is 1.65. The van der Waals surface area contributed by atoms with E-state index in [0.717, 1.165) is 22.5 Å². The van der Waals surface area contributed by atoms with Crippen LogP contribution in [0.3, 0.4) is 0 Å². The van der Waals surface area contributed by atoms with Crippen molar-refractivity contribution in [1.29, 1.82) is 5.26 Å². The van der Waals surface area contributed by atoms with Crippen LogP contribution in [0.2, 0.25) is 0 Å². The summed E-state index contributed by atoms with van der Waals surface area (Å²) < 4.78 is 0. The van der Waals surface area contributed by atoms with Crippen molar-refractivity contribution in [3.63, 3.8) is 0 Å². The van der Waals surface area contributed by atoms with Crippen LogP contribution in [0.25, 0.3) is 0 Å². The molecule has 3 N–H and O–H groups in total. The third-order valence-corrected chi connectivity index (χ3v) is 5.73. The average Bonchev–Trinajstić information content (AvgIpc) is 3.27. The van der Waals surface area contributed by atoms with Crippen LogP contribution in [0, 0.1) is 11.3 Å². The maximum Gasteiger partial charge on any atom is 0.267 e. The molecule has 0 atom stereocenters. The molecule has 168 valence electrons. The first kappa shape index (κ1) is 22.1. The van der Waals surface area contributed by atoms with E-state index >= 15 is 0 Å². The van der Waals surface area contributed by atoms with Crippen LogP contribution in [0.4, 0.5) is 5.69 Å². The Labute approximate surface area is 193 Å². The number of allylic oxidation sites excluding steroid dienone is 3. The minimum absolute atomic E-state index is 0.0635. The Kier molecular flexibility index (Phi) is 6.16. The zero-order chi connectivity index (χ0) is 23.5. The molecule has 0 aromatic heterocycles. The number of hydrazine groups is 1. The second-order valence-electron chi connectivity index (χ2n) is 8.12. The number of nitrogens with zero attached hydrogens (tertiary/aromatic N) is 3. The van der Waals surface area contributed by atoms with Crippen molar-refractivity contribution in [1.82, 2.24) is 21.1 Å². The van der Waals surface area contributed by atoms with Gasteiger partial charge in [0.1, 0.15) is 5.70 Å². The molecular formula is C25H26N6O2. The standard InChI is InChI=1S/C25H26N6O2/c1-16(2)31(20-7-4-17(13-26)5-8-20)25(33)18-10-11-30-23(12-18)21(15-29-30)19-6-9-22(28-14-19)24(32)27-3/h4-12,16,28-29H,14-15H2,1-3H3,(H,27,32). The van der Waals surface area contributed by atoms with Crippen LogP contribution in [0.5, 0.6) is 0 Å². The highest BCUT2D eigenvalue weighted by Gasteiger charge is 2.29. The van der Waals surface area contributed by atoms with Crippen molar-refractivity contribution >= 4 is 17.5 Å². The number of fused-ring (bicyclic) bond motifs is 1. The van der Waals surface area contributed by atoms with Crippen molar-refractivity contribution in [3.8, 4) is 6.07 Å². The molecule has 1 aromatic carbocycles. The lowest BCUT2D eigenvalue weighted by atomic mass is 9.99. The lowest BCUT2D eigenvalue weighted by molar-refractivity contribution is -0.117. The fourth-order valence-corrected chi connectivity index (χ4v) is 4.01. The first-order valence-corrected chi connectivity index (χ1v) is 10.8. The second kappa shape index (κ2) is 9.18. The number of carbonyl (C=O) groups is 2. The highest BCUT2D eigenvalue weighted by Crippen LogP contribution is 2.30. The third kappa shape index (κ3) is 4.31. The Hall–Kier alpha value is -4.09. The van der Waals surface area contributed by atoms with Crippen LogP contribution >= 0.6 is 0 Å². The van der Waals surface area contributed by atoms with E-state index in [1.54, 1.807) is 48.4 Å². The molecule has 2 amide bonds. The zero-order valence-corrected chi connectivity index (χ0v) is 18.8. The molecule has 0 radical (unpaired) electrons. The molecule has 4 rings (SSSR count). The zero-order valence-electron chi connectivity index (χ0n) is 18.8. The number of nitrogens with one attached hydrogen (secondary N) is 3. The number of benzene rings is 1. The third-order valence-electron chi connectivity index (χ3n) is 5.73. The smallest absolute Gasteiger partial charge is 0.267 e. The van der Waals surface area contributed by atoms with Crippen molar-refractivity contribution in [3.05, 3.63) is 88.4 Å². The van der Waals surface area contributed by atoms with E-state index in [-0.39, 0.29) is 17.9 Å². The number of anilines is 1. The summed E-state index contributed by atoms with van der Waals surface area (Å²) in [5, 5.41) is 16.7. The molecule has 8 heteroatoms. The molecule has 0 unspecified atom stereocenters. The molecular weight excluding hydrogens is 416 g/mol. The van der Waals surface area contributed by atoms with Gasteiger partial charge in [0, 0.05) is 43.6 Å². The van der Waals surface area contributed by atoms with Crippen LogP contribution in [0.1, 0.15) is 19.4 Å². The Bertz CT molecular complexity index is 1180. The quantitative estimate of drug-likeness (QED) is 0.645. The normalized spacial score (nSPS) is 16.9. The lowest BCUT2D eigenvalue weighted by Crippen LogP contribution is -2.38.